The van der Waals surface area contributed by atoms with E-state index < -0.39 is 14.6 Å². The third-order valence-corrected chi connectivity index (χ3v) is 10.4. The fraction of sp³-hybridized carbons (Fsp3) is 0.409. The fourth-order valence-corrected chi connectivity index (χ4v) is 7.68. The van der Waals surface area contributed by atoms with Gasteiger partial charge in [0, 0.05) is 28.8 Å². The van der Waals surface area contributed by atoms with Gasteiger partial charge in [-0.25, -0.2) is 13.4 Å². The zero-order valence-electron chi connectivity index (χ0n) is 17.2. The molecule has 0 unspecified atom stereocenters. The first-order valence-corrected chi connectivity index (χ1v) is 13.5. The summed E-state index contributed by atoms with van der Waals surface area (Å²) in [6, 6.07) is 6.85. The Morgan fingerprint density at radius 1 is 1.16 bits per heavy atom. The van der Waals surface area contributed by atoms with Crippen molar-refractivity contribution in [3.63, 3.8) is 0 Å². The molecular weight excluding hydrogens is 470 g/mol. The zero-order valence-corrected chi connectivity index (χ0v) is 19.6. The predicted octanol–water partition coefficient (Wildman–Crippen LogP) is 4.09. The zero-order chi connectivity index (χ0) is 22.4. The summed E-state index contributed by atoms with van der Waals surface area (Å²) in [5, 5.41) is 6.78. The van der Waals surface area contributed by atoms with E-state index in [9.17, 15) is 13.2 Å². The standard InChI is InChI=1S/C22H20ClN3O4S2/c1-32(28,29)22(6-7-22)17-5-4-16(30-17)18(27)26-21-10-20(11-21,12-21)19-25-15(9-31-19)14-3-2-13(23)8-24-14/h2-5,8-9H,6-7,10-12H2,1H3,(H,26,27). The van der Waals surface area contributed by atoms with Crippen LogP contribution in [0.1, 0.15) is 53.4 Å². The number of halogens is 1. The molecule has 32 heavy (non-hydrogen) atoms. The molecule has 3 aromatic heterocycles. The first-order valence-electron chi connectivity index (χ1n) is 10.3. The van der Waals surface area contributed by atoms with Crippen molar-refractivity contribution in [2.45, 2.75) is 47.8 Å². The lowest BCUT2D eigenvalue weighted by molar-refractivity contribution is -0.0812. The van der Waals surface area contributed by atoms with Crippen molar-refractivity contribution in [2.24, 2.45) is 0 Å². The Kier molecular flexibility index (Phi) is 4.09. The highest BCUT2D eigenvalue weighted by Gasteiger charge is 2.70. The van der Waals surface area contributed by atoms with Crippen LogP contribution >= 0.6 is 22.9 Å². The number of carbonyl (C=O) groups excluding carboxylic acids is 1. The summed E-state index contributed by atoms with van der Waals surface area (Å²) in [6.45, 7) is 0. The Bertz CT molecular complexity index is 1340. The number of nitrogens with one attached hydrogen (secondary N) is 1. The molecule has 4 aliphatic carbocycles. The van der Waals surface area contributed by atoms with Gasteiger partial charge in [-0.1, -0.05) is 11.6 Å². The van der Waals surface area contributed by atoms with Crippen LogP contribution in [0.15, 0.2) is 40.3 Å². The van der Waals surface area contributed by atoms with Gasteiger partial charge >= 0.3 is 0 Å². The third-order valence-electron chi connectivity index (χ3n) is 7.05. The van der Waals surface area contributed by atoms with Crippen LogP contribution in [0.3, 0.4) is 0 Å². The topological polar surface area (TPSA) is 102 Å². The van der Waals surface area contributed by atoms with Gasteiger partial charge in [0.2, 0.25) is 0 Å². The monoisotopic (exact) mass is 489 g/mol. The summed E-state index contributed by atoms with van der Waals surface area (Å²) in [5.41, 5.74) is 1.42. The summed E-state index contributed by atoms with van der Waals surface area (Å²) in [4.78, 5) is 21.9. The third kappa shape index (κ3) is 2.90. The van der Waals surface area contributed by atoms with Gasteiger partial charge in [-0.15, -0.1) is 11.3 Å². The van der Waals surface area contributed by atoms with Crippen LogP contribution in [0.4, 0.5) is 0 Å². The van der Waals surface area contributed by atoms with Crippen molar-refractivity contribution >= 4 is 38.7 Å². The number of amides is 1. The lowest BCUT2D eigenvalue weighted by Gasteiger charge is -2.69. The molecule has 1 N–H and O–H groups in total. The molecule has 0 radical (unpaired) electrons. The van der Waals surface area contributed by atoms with E-state index in [1.165, 1.54) is 6.26 Å². The smallest absolute Gasteiger partial charge is 0.287 e. The average Bonchev–Trinajstić information content (AvgIpc) is 3.14. The number of hydrogen-bond donors (Lipinski definition) is 1. The Labute approximate surface area is 194 Å². The van der Waals surface area contributed by atoms with E-state index in [-0.39, 0.29) is 22.6 Å². The largest absolute Gasteiger partial charge is 0.454 e. The van der Waals surface area contributed by atoms with Crippen LogP contribution in [0.5, 0.6) is 0 Å². The van der Waals surface area contributed by atoms with Crippen LogP contribution < -0.4 is 5.32 Å². The van der Waals surface area contributed by atoms with Crippen molar-refractivity contribution in [1.29, 1.82) is 0 Å². The maximum atomic E-state index is 12.8. The van der Waals surface area contributed by atoms with Gasteiger partial charge in [-0.05, 0) is 56.4 Å². The molecule has 1 amide bonds. The molecule has 0 atom stereocenters. The van der Waals surface area contributed by atoms with E-state index in [1.807, 2.05) is 11.4 Å². The summed E-state index contributed by atoms with van der Waals surface area (Å²) >= 11 is 7.54. The van der Waals surface area contributed by atoms with Gasteiger partial charge < -0.3 is 9.73 Å². The molecule has 4 fully saturated rings. The Hall–Kier alpha value is -2.23. The second-order valence-corrected chi connectivity index (χ2v) is 13.0. The summed E-state index contributed by atoms with van der Waals surface area (Å²) in [7, 11) is -3.28. The Balaban J connectivity index is 1.12. The number of nitrogens with zero attached hydrogens (tertiary/aromatic N) is 2. The molecule has 0 spiro atoms. The highest BCUT2D eigenvalue weighted by atomic mass is 35.5. The van der Waals surface area contributed by atoms with Crippen molar-refractivity contribution in [3.8, 4) is 11.4 Å². The lowest BCUT2D eigenvalue weighted by atomic mass is 9.39. The summed E-state index contributed by atoms with van der Waals surface area (Å²) in [6.07, 6.45) is 6.43. The van der Waals surface area contributed by atoms with Crippen molar-refractivity contribution in [3.05, 3.63) is 57.4 Å². The number of hydrogen-bond acceptors (Lipinski definition) is 7. The fourth-order valence-electron chi connectivity index (χ4n) is 5.23. The molecule has 0 aromatic carbocycles. The van der Waals surface area contributed by atoms with Gasteiger partial charge in [0.15, 0.2) is 15.6 Å². The van der Waals surface area contributed by atoms with Gasteiger partial charge in [0.1, 0.15) is 10.5 Å². The van der Waals surface area contributed by atoms with E-state index in [0.29, 0.717) is 23.6 Å². The van der Waals surface area contributed by atoms with Gasteiger partial charge in [0.05, 0.1) is 21.4 Å². The number of furan rings is 1. The van der Waals surface area contributed by atoms with E-state index in [4.69, 9.17) is 21.0 Å². The molecule has 166 valence electrons. The molecule has 0 saturated heterocycles. The molecule has 4 saturated carbocycles. The molecule has 3 heterocycles. The van der Waals surface area contributed by atoms with Crippen LogP contribution in [-0.2, 0) is 20.0 Å². The van der Waals surface area contributed by atoms with Gasteiger partial charge in [-0.2, -0.15) is 0 Å². The van der Waals surface area contributed by atoms with Gasteiger partial charge in [0.25, 0.3) is 5.91 Å². The Morgan fingerprint density at radius 2 is 1.91 bits per heavy atom. The van der Waals surface area contributed by atoms with E-state index >= 15 is 0 Å². The molecule has 4 aliphatic rings. The number of rotatable bonds is 6. The highest BCUT2D eigenvalue weighted by Crippen LogP contribution is 2.68. The maximum Gasteiger partial charge on any atom is 0.287 e. The minimum Gasteiger partial charge on any atom is -0.454 e. The van der Waals surface area contributed by atoms with Crippen LogP contribution in [0.25, 0.3) is 11.4 Å². The molecule has 3 aromatic rings. The predicted molar refractivity (Wildman–Crippen MR) is 121 cm³/mol. The maximum absolute atomic E-state index is 12.8. The summed E-state index contributed by atoms with van der Waals surface area (Å²) in [5.74, 6) is 0.239. The highest BCUT2D eigenvalue weighted by molar-refractivity contribution is 7.91. The number of carbonyl (C=O) groups is 1. The second kappa shape index (κ2) is 6.42. The SMILES string of the molecule is CS(=O)(=O)C1(c2ccc(C(=O)NC34CC(c5nc(-c6ccc(Cl)cn6)cs5)(C3)C4)o2)CC1. The van der Waals surface area contributed by atoms with Crippen LogP contribution in [0, 0.1) is 0 Å². The van der Waals surface area contributed by atoms with E-state index in [2.05, 4.69) is 10.3 Å². The van der Waals surface area contributed by atoms with Crippen LogP contribution in [0.2, 0.25) is 5.02 Å². The Morgan fingerprint density at radius 3 is 2.53 bits per heavy atom. The minimum atomic E-state index is -3.28. The second-order valence-electron chi connectivity index (χ2n) is 9.38. The minimum absolute atomic E-state index is 0.0192. The molecule has 2 bridgehead atoms. The number of sulfone groups is 1. The van der Waals surface area contributed by atoms with Crippen molar-refractivity contribution in [1.82, 2.24) is 15.3 Å². The van der Waals surface area contributed by atoms with Crippen molar-refractivity contribution in [2.75, 3.05) is 6.26 Å². The number of aromatic nitrogens is 2. The molecule has 7 rings (SSSR count). The quantitative estimate of drug-likeness (QED) is 0.559. The normalized spacial score (nSPS) is 27.3. The first-order chi connectivity index (χ1) is 15.1. The molecular formula is C22H20ClN3O4S2. The number of pyridine rings is 1. The first kappa shape index (κ1) is 20.4. The molecule has 10 heteroatoms. The lowest BCUT2D eigenvalue weighted by Crippen LogP contribution is -2.76. The van der Waals surface area contributed by atoms with Crippen LogP contribution in [-0.4, -0.2) is 36.1 Å². The van der Waals surface area contributed by atoms with E-state index in [1.54, 1.807) is 35.7 Å². The molecule has 0 aliphatic heterocycles. The molecule has 7 nitrogen and oxygen atoms in total. The summed E-state index contributed by atoms with van der Waals surface area (Å²) < 4.78 is 28.9. The van der Waals surface area contributed by atoms with Crippen molar-refractivity contribution < 1.29 is 17.6 Å². The van der Waals surface area contributed by atoms with Gasteiger partial charge in [-0.3, -0.25) is 9.78 Å². The average molecular weight is 490 g/mol. The van der Waals surface area contributed by atoms with E-state index in [0.717, 1.165) is 35.7 Å². The number of thiazole rings is 1.